The van der Waals surface area contributed by atoms with E-state index in [1.807, 2.05) is 0 Å². The predicted molar refractivity (Wildman–Crippen MR) is 77.7 cm³/mol. The Balaban J connectivity index is 1.98. The SMILES string of the molecule is CCC[Si@H]1CC[C@H](C2(C(=O)O)CCCCC2)CC1. The van der Waals surface area contributed by atoms with Gasteiger partial charge in [0.05, 0.1) is 5.41 Å². The Kier molecular flexibility index (Phi) is 4.88. The van der Waals surface area contributed by atoms with Crippen LogP contribution in [0.5, 0.6) is 0 Å². The van der Waals surface area contributed by atoms with Crippen LogP contribution in [0, 0.1) is 11.3 Å². The largest absolute Gasteiger partial charge is 0.481 e. The number of carboxylic acids is 1. The van der Waals surface area contributed by atoms with E-state index in [1.165, 1.54) is 43.8 Å². The topological polar surface area (TPSA) is 37.3 Å². The van der Waals surface area contributed by atoms with Crippen molar-refractivity contribution in [1.29, 1.82) is 0 Å². The van der Waals surface area contributed by atoms with Gasteiger partial charge in [-0.15, -0.1) is 0 Å². The molecule has 0 amide bonds. The van der Waals surface area contributed by atoms with E-state index in [0.29, 0.717) is 5.92 Å². The Morgan fingerprint density at radius 3 is 2.33 bits per heavy atom. The molecule has 104 valence electrons. The summed E-state index contributed by atoms with van der Waals surface area (Å²) in [6.07, 6.45) is 9.21. The van der Waals surface area contributed by atoms with Crippen molar-refractivity contribution in [2.75, 3.05) is 0 Å². The van der Waals surface area contributed by atoms with Crippen molar-refractivity contribution < 1.29 is 9.90 Å². The van der Waals surface area contributed by atoms with Gasteiger partial charge in [0.15, 0.2) is 0 Å². The van der Waals surface area contributed by atoms with Crippen molar-refractivity contribution >= 4 is 14.8 Å². The standard InChI is InChI=1S/C15H28O2Si/c1-2-10-18-11-6-13(7-12-18)15(14(16)17)8-4-3-5-9-15/h13,18H,2-12H2,1H3,(H,16,17)/t13-,18-. The van der Waals surface area contributed by atoms with Gasteiger partial charge in [-0.2, -0.15) is 0 Å². The lowest BCUT2D eigenvalue weighted by Gasteiger charge is -2.43. The maximum Gasteiger partial charge on any atom is 0.309 e. The average Bonchev–Trinajstić information content (AvgIpc) is 2.40. The van der Waals surface area contributed by atoms with E-state index in [9.17, 15) is 9.90 Å². The van der Waals surface area contributed by atoms with Crippen molar-refractivity contribution in [3.05, 3.63) is 0 Å². The van der Waals surface area contributed by atoms with E-state index < -0.39 is 14.8 Å². The lowest BCUT2D eigenvalue weighted by atomic mass is 9.64. The summed E-state index contributed by atoms with van der Waals surface area (Å²) in [7, 11) is -0.474. The Morgan fingerprint density at radius 2 is 1.83 bits per heavy atom. The summed E-state index contributed by atoms with van der Waals surface area (Å²) in [4.78, 5) is 11.8. The quantitative estimate of drug-likeness (QED) is 0.780. The summed E-state index contributed by atoms with van der Waals surface area (Å²) in [6, 6.07) is 4.30. The molecule has 0 aromatic carbocycles. The van der Waals surface area contributed by atoms with E-state index >= 15 is 0 Å². The van der Waals surface area contributed by atoms with Gasteiger partial charge in [0, 0.05) is 8.80 Å². The highest BCUT2D eigenvalue weighted by Crippen LogP contribution is 2.49. The molecule has 1 aliphatic heterocycles. The minimum atomic E-state index is -0.484. The minimum absolute atomic E-state index is 0.330. The van der Waals surface area contributed by atoms with Crippen LogP contribution in [0.4, 0.5) is 0 Å². The number of carbonyl (C=O) groups is 1. The zero-order chi connectivity index (χ0) is 13.0. The van der Waals surface area contributed by atoms with Crippen molar-refractivity contribution in [3.63, 3.8) is 0 Å². The minimum Gasteiger partial charge on any atom is -0.481 e. The second-order valence-electron chi connectivity index (χ2n) is 6.53. The molecule has 0 atom stereocenters. The molecule has 1 saturated carbocycles. The van der Waals surface area contributed by atoms with Gasteiger partial charge in [0.25, 0.3) is 0 Å². The van der Waals surface area contributed by atoms with Crippen LogP contribution in [0.15, 0.2) is 0 Å². The molecule has 0 unspecified atom stereocenters. The smallest absolute Gasteiger partial charge is 0.309 e. The van der Waals surface area contributed by atoms with E-state index in [2.05, 4.69) is 6.92 Å². The molecule has 0 radical (unpaired) electrons. The molecule has 2 nitrogen and oxygen atoms in total. The fraction of sp³-hybridized carbons (Fsp3) is 0.933. The Morgan fingerprint density at radius 1 is 1.22 bits per heavy atom. The second kappa shape index (κ2) is 6.22. The van der Waals surface area contributed by atoms with Crippen LogP contribution in [-0.4, -0.2) is 19.9 Å². The van der Waals surface area contributed by atoms with Gasteiger partial charge in [-0.1, -0.05) is 63.6 Å². The Hall–Kier alpha value is -0.313. The van der Waals surface area contributed by atoms with Crippen LogP contribution in [-0.2, 0) is 4.79 Å². The zero-order valence-electron chi connectivity index (χ0n) is 11.8. The van der Waals surface area contributed by atoms with Crippen LogP contribution >= 0.6 is 0 Å². The van der Waals surface area contributed by atoms with Gasteiger partial charge in [-0.05, 0) is 18.8 Å². The van der Waals surface area contributed by atoms with Crippen LogP contribution in [0.3, 0.4) is 0 Å². The van der Waals surface area contributed by atoms with E-state index in [1.54, 1.807) is 0 Å². The van der Waals surface area contributed by atoms with Gasteiger partial charge in [-0.25, -0.2) is 0 Å². The molecule has 1 heterocycles. The molecule has 0 bridgehead atoms. The van der Waals surface area contributed by atoms with E-state index in [4.69, 9.17) is 0 Å². The van der Waals surface area contributed by atoms with E-state index in [0.717, 1.165) is 25.7 Å². The lowest BCUT2D eigenvalue weighted by Crippen LogP contribution is -2.42. The maximum atomic E-state index is 11.8. The summed E-state index contributed by atoms with van der Waals surface area (Å²) in [5, 5.41) is 9.72. The number of hydrogen-bond acceptors (Lipinski definition) is 1. The van der Waals surface area contributed by atoms with Crippen LogP contribution in [0.2, 0.25) is 18.1 Å². The highest BCUT2D eigenvalue weighted by molar-refractivity contribution is 6.58. The zero-order valence-corrected chi connectivity index (χ0v) is 12.9. The van der Waals surface area contributed by atoms with Crippen molar-refractivity contribution in [1.82, 2.24) is 0 Å². The van der Waals surface area contributed by atoms with Gasteiger partial charge in [0.1, 0.15) is 0 Å². The molecule has 1 saturated heterocycles. The molecule has 2 fully saturated rings. The summed E-state index contributed by atoms with van der Waals surface area (Å²) in [5.74, 6) is 0.0127. The first-order valence-corrected chi connectivity index (χ1v) is 10.4. The first-order chi connectivity index (χ1) is 8.69. The Labute approximate surface area is 113 Å². The first kappa shape index (κ1) is 14.1. The molecule has 0 aromatic heterocycles. The number of aliphatic carboxylic acids is 1. The molecule has 0 spiro atoms. The molecule has 2 aliphatic rings. The molecule has 0 aromatic rings. The van der Waals surface area contributed by atoms with Crippen molar-refractivity contribution in [2.45, 2.75) is 76.4 Å². The number of rotatable bonds is 4. The predicted octanol–water partition coefficient (Wildman–Crippen LogP) is 4.07. The number of carboxylic acid groups (broad SMARTS) is 1. The molecule has 2 rings (SSSR count). The summed E-state index contributed by atoms with van der Waals surface area (Å²) in [5.41, 5.74) is -0.330. The summed E-state index contributed by atoms with van der Waals surface area (Å²) in [6.45, 7) is 2.29. The monoisotopic (exact) mass is 268 g/mol. The third kappa shape index (κ3) is 2.81. The second-order valence-corrected chi connectivity index (χ2v) is 9.99. The highest BCUT2D eigenvalue weighted by Gasteiger charge is 2.46. The molecular weight excluding hydrogens is 240 g/mol. The highest BCUT2D eigenvalue weighted by atomic mass is 28.3. The van der Waals surface area contributed by atoms with Gasteiger partial charge in [0.2, 0.25) is 0 Å². The Bertz CT molecular complexity index is 276. The van der Waals surface area contributed by atoms with Crippen molar-refractivity contribution in [2.24, 2.45) is 11.3 Å². The van der Waals surface area contributed by atoms with Crippen molar-refractivity contribution in [3.8, 4) is 0 Å². The molecule has 1 N–H and O–H groups in total. The molecule has 3 heteroatoms. The average molecular weight is 268 g/mol. The van der Waals surface area contributed by atoms with E-state index in [-0.39, 0.29) is 5.41 Å². The fourth-order valence-corrected chi connectivity index (χ4v) is 7.82. The molecule has 1 aliphatic carbocycles. The third-order valence-electron chi connectivity index (χ3n) is 5.50. The lowest BCUT2D eigenvalue weighted by molar-refractivity contribution is -0.156. The summed E-state index contributed by atoms with van der Waals surface area (Å²) < 4.78 is 0. The first-order valence-electron chi connectivity index (χ1n) is 7.92. The molecular formula is C15H28O2Si. The number of hydrogen-bond donors (Lipinski definition) is 1. The van der Waals surface area contributed by atoms with Crippen LogP contribution in [0.1, 0.15) is 58.3 Å². The summed E-state index contributed by atoms with van der Waals surface area (Å²) >= 11 is 0. The third-order valence-corrected chi connectivity index (χ3v) is 9.19. The normalized spacial score (nSPS) is 32.1. The van der Waals surface area contributed by atoms with Gasteiger partial charge < -0.3 is 5.11 Å². The van der Waals surface area contributed by atoms with Gasteiger partial charge in [-0.3, -0.25) is 4.79 Å². The molecule has 18 heavy (non-hydrogen) atoms. The van der Waals surface area contributed by atoms with Gasteiger partial charge >= 0.3 is 5.97 Å². The maximum absolute atomic E-state index is 11.8. The van der Waals surface area contributed by atoms with Crippen LogP contribution in [0.25, 0.3) is 0 Å². The van der Waals surface area contributed by atoms with Crippen LogP contribution < -0.4 is 0 Å². The fourth-order valence-electron chi connectivity index (χ4n) is 4.39.